The lowest BCUT2D eigenvalue weighted by Crippen LogP contribution is -2.42. The van der Waals surface area contributed by atoms with Crippen LogP contribution in [0.15, 0.2) is 84.1 Å². The topological polar surface area (TPSA) is 61.4 Å². The van der Waals surface area contributed by atoms with Crippen LogP contribution in [0.3, 0.4) is 0 Å². The Bertz CT molecular complexity index is 1360. The van der Waals surface area contributed by atoms with Gasteiger partial charge in [0.05, 0.1) is 24.0 Å². The first-order valence-corrected chi connectivity index (χ1v) is 12.4. The molecular formula is C30H29F2N3O2. The van der Waals surface area contributed by atoms with Gasteiger partial charge in [-0.05, 0) is 47.2 Å². The van der Waals surface area contributed by atoms with E-state index in [4.69, 9.17) is 0 Å². The van der Waals surface area contributed by atoms with Gasteiger partial charge in [-0.2, -0.15) is 0 Å². The van der Waals surface area contributed by atoms with Gasteiger partial charge in [0.2, 0.25) is 5.91 Å². The van der Waals surface area contributed by atoms with Gasteiger partial charge in [0, 0.05) is 30.3 Å². The standard InChI is InChI=1S/C30H29F2N3O2/c1-30(2)15-24-28(26(36)16-30)29(20-12-21(31)14-22(32)13-20)35(25-11-7-6-10-23(25)34-24)18-27(37)33-17-19-8-4-3-5-9-19/h3-14,29,34H,15-18H2,1-2H3,(H,33,37). The fourth-order valence-corrected chi connectivity index (χ4v) is 5.31. The number of hydrogen-bond acceptors (Lipinski definition) is 4. The number of Topliss-reactive ketones (excluding diaryl/α,β-unsaturated/α-hetero) is 1. The van der Waals surface area contributed by atoms with E-state index in [0.717, 1.165) is 23.0 Å². The van der Waals surface area contributed by atoms with Crippen LogP contribution in [0.4, 0.5) is 20.2 Å². The van der Waals surface area contributed by atoms with Crippen LogP contribution in [-0.2, 0) is 16.1 Å². The van der Waals surface area contributed by atoms with Crippen LogP contribution < -0.4 is 15.5 Å². The zero-order valence-electron chi connectivity index (χ0n) is 20.9. The largest absolute Gasteiger partial charge is 0.357 e. The summed E-state index contributed by atoms with van der Waals surface area (Å²) < 4.78 is 28.9. The molecule has 1 aliphatic heterocycles. The number of nitrogens with zero attached hydrogens (tertiary/aromatic N) is 1. The molecule has 3 aromatic rings. The van der Waals surface area contributed by atoms with E-state index in [-0.39, 0.29) is 29.2 Å². The molecule has 7 heteroatoms. The molecule has 0 spiro atoms. The molecule has 0 saturated carbocycles. The fraction of sp³-hybridized carbons (Fsp3) is 0.267. The summed E-state index contributed by atoms with van der Waals surface area (Å²) in [6.07, 6.45) is 0.886. The number of nitrogens with one attached hydrogen (secondary N) is 2. The number of fused-ring (bicyclic) bond motifs is 1. The lowest BCUT2D eigenvalue weighted by molar-refractivity contribution is -0.120. The lowest BCUT2D eigenvalue weighted by atomic mass is 9.73. The van der Waals surface area contributed by atoms with E-state index in [9.17, 15) is 18.4 Å². The first kappa shape index (κ1) is 24.7. The third-order valence-electron chi connectivity index (χ3n) is 6.85. The molecule has 190 valence electrons. The molecule has 0 aromatic heterocycles. The highest BCUT2D eigenvalue weighted by molar-refractivity contribution is 6.01. The van der Waals surface area contributed by atoms with Crippen molar-refractivity contribution in [3.8, 4) is 0 Å². The van der Waals surface area contributed by atoms with Gasteiger partial charge >= 0.3 is 0 Å². The van der Waals surface area contributed by atoms with Crippen molar-refractivity contribution in [1.82, 2.24) is 5.32 Å². The maximum atomic E-state index is 14.5. The summed E-state index contributed by atoms with van der Waals surface area (Å²) in [6.45, 7) is 4.28. The molecule has 0 bridgehead atoms. The summed E-state index contributed by atoms with van der Waals surface area (Å²) in [5, 5.41) is 6.37. The highest BCUT2D eigenvalue weighted by Gasteiger charge is 2.42. The summed E-state index contributed by atoms with van der Waals surface area (Å²) in [4.78, 5) is 28.6. The molecule has 1 amide bonds. The average Bonchev–Trinajstić information content (AvgIpc) is 2.96. The first-order valence-electron chi connectivity index (χ1n) is 12.4. The summed E-state index contributed by atoms with van der Waals surface area (Å²) >= 11 is 0. The quantitative estimate of drug-likeness (QED) is 0.457. The minimum absolute atomic E-state index is 0.101. The van der Waals surface area contributed by atoms with Crippen molar-refractivity contribution in [3.05, 3.63) is 107 Å². The molecule has 2 aliphatic rings. The Morgan fingerprint density at radius 1 is 1.00 bits per heavy atom. The summed E-state index contributed by atoms with van der Waals surface area (Å²) in [7, 11) is 0. The van der Waals surface area contributed by atoms with Crippen LogP contribution >= 0.6 is 0 Å². The van der Waals surface area contributed by atoms with Crippen LogP contribution in [0, 0.1) is 17.0 Å². The van der Waals surface area contributed by atoms with Crippen LogP contribution in [0.2, 0.25) is 0 Å². The maximum Gasteiger partial charge on any atom is 0.239 e. The number of carbonyl (C=O) groups is 2. The predicted octanol–water partition coefficient (Wildman–Crippen LogP) is 5.90. The van der Waals surface area contributed by atoms with Gasteiger partial charge in [0.15, 0.2) is 5.78 Å². The third kappa shape index (κ3) is 5.26. The SMILES string of the molecule is CC1(C)CC(=O)C2=C(C1)Nc1ccccc1N(CC(=O)NCc1ccccc1)C2c1cc(F)cc(F)c1. The normalized spacial score (nSPS) is 18.4. The van der Waals surface area contributed by atoms with Gasteiger partial charge in [-0.15, -0.1) is 0 Å². The Morgan fingerprint density at radius 2 is 1.68 bits per heavy atom. The number of anilines is 2. The minimum atomic E-state index is -0.845. The summed E-state index contributed by atoms with van der Waals surface area (Å²) in [6, 6.07) is 19.4. The number of rotatable bonds is 5. The van der Waals surface area contributed by atoms with Gasteiger partial charge in [-0.25, -0.2) is 8.78 Å². The van der Waals surface area contributed by atoms with Crippen LogP contribution in [0.25, 0.3) is 0 Å². The van der Waals surface area contributed by atoms with E-state index in [2.05, 4.69) is 10.6 Å². The summed E-state index contributed by atoms with van der Waals surface area (Å²) in [5.41, 5.74) is 3.52. The molecule has 5 nitrogen and oxygen atoms in total. The number of allylic oxidation sites excluding steroid dienone is 1. The second kappa shape index (κ2) is 9.81. The molecule has 1 aliphatic carbocycles. The van der Waals surface area contributed by atoms with Gasteiger partial charge in [-0.3, -0.25) is 9.59 Å². The first-order chi connectivity index (χ1) is 17.7. The van der Waals surface area contributed by atoms with Crippen molar-refractivity contribution in [1.29, 1.82) is 0 Å². The second-order valence-electron chi connectivity index (χ2n) is 10.5. The van der Waals surface area contributed by atoms with E-state index in [1.165, 1.54) is 12.1 Å². The maximum absolute atomic E-state index is 14.5. The number of amides is 1. The number of carbonyl (C=O) groups excluding carboxylic acids is 2. The van der Waals surface area contributed by atoms with E-state index in [0.29, 0.717) is 30.6 Å². The Balaban J connectivity index is 1.61. The predicted molar refractivity (Wildman–Crippen MR) is 140 cm³/mol. The van der Waals surface area contributed by atoms with E-state index < -0.39 is 17.7 Å². The molecule has 1 heterocycles. The van der Waals surface area contributed by atoms with E-state index >= 15 is 0 Å². The smallest absolute Gasteiger partial charge is 0.239 e. The number of para-hydroxylation sites is 2. The monoisotopic (exact) mass is 501 g/mol. The molecule has 5 rings (SSSR count). The molecule has 3 aromatic carbocycles. The van der Waals surface area contributed by atoms with Crippen LogP contribution in [0.1, 0.15) is 43.9 Å². The van der Waals surface area contributed by atoms with Crippen molar-refractivity contribution in [3.63, 3.8) is 0 Å². The average molecular weight is 502 g/mol. The van der Waals surface area contributed by atoms with Crippen molar-refractivity contribution in [2.75, 3.05) is 16.8 Å². The van der Waals surface area contributed by atoms with Gasteiger partial charge in [0.1, 0.15) is 11.6 Å². The Kier molecular flexibility index (Phi) is 6.54. The Morgan fingerprint density at radius 3 is 2.41 bits per heavy atom. The summed E-state index contributed by atoms with van der Waals surface area (Å²) in [5.74, 6) is -1.84. The second-order valence-corrected chi connectivity index (χ2v) is 10.5. The van der Waals surface area contributed by atoms with Crippen molar-refractivity contribution in [2.24, 2.45) is 5.41 Å². The molecule has 0 saturated heterocycles. The van der Waals surface area contributed by atoms with Crippen molar-refractivity contribution >= 4 is 23.1 Å². The fourth-order valence-electron chi connectivity index (χ4n) is 5.31. The molecule has 1 unspecified atom stereocenters. The zero-order valence-corrected chi connectivity index (χ0v) is 20.9. The molecule has 1 atom stereocenters. The van der Waals surface area contributed by atoms with Crippen molar-refractivity contribution in [2.45, 2.75) is 39.3 Å². The third-order valence-corrected chi connectivity index (χ3v) is 6.85. The molecular weight excluding hydrogens is 472 g/mol. The zero-order chi connectivity index (χ0) is 26.2. The highest BCUT2D eigenvalue weighted by atomic mass is 19.1. The number of ketones is 1. The highest BCUT2D eigenvalue weighted by Crippen LogP contribution is 2.48. The van der Waals surface area contributed by atoms with Crippen LogP contribution in [-0.4, -0.2) is 18.2 Å². The molecule has 0 radical (unpaired) electrons. The van der Waals surface area contributed by atoms with E-state index in [1.807, 2.05) is 68.4 Å². The van der Waals surface area contributed by atoms with Crippen molar-refractivity contribution < 1.29 is 18.4 Å². The lowest BCUT2D eigenvalue weighted by Gasteiger charge is -2.37. The van der Waals surface area contributed by atoms with Crippen LogP contribution in [0.5, 0.6) is 0 Å². The van der Waals surface area contributed by atoms with Gasteiger partial charge in [-0.1, -0.05) is 56.3 Å². The molecule has 2 N–H and O–H groups in total. The number of halogens is 2. The number of hydrogen-bond donors (Lipinski definition) is 2. The molecule has 0 fully saturated rings. The Hall–Kier alpha value is -4.00. The number of benzene rings is 3. The minimum Gasteiger partial charge on any atom is -0.357 e. The molecule has 37 heavy (non-hydrogen) atoms. The van der Waals surface area contributed by atoms with Gasteiger partial charge in [0.25, 0.3) is 0 Å². The Labute approximate surface area is 215 Å². The van der Waals surface area contributed by atoms with Gasteiger partial charge < -0.3 is 15.5 Å². The van der Waals surface area contributed by atoms with E-state index in [1.54, 1.807) is 4.90 Å².